The second-order valence-corrected chi connectivity index (χ2v) is 8.52. The molecule has 3 heterocycles. The maximum Gasteiger partial charge on any atom is 0.421 e. The Balaban J connectivity index is 1.48. The number of anilines is 3. The largest absolute Gasteiger partial charge is 0.493 e. The zero-order valence-corrected chi connectivity index (χ0v) is 17.3. The summed E-state index contributed by atoms with van der Waals surface area (Å²) < 4.78 is 51.5. The topological polar surface area (TPSA) is 85.5 Å². The van der Waals surface area contributed by atoms with Gasteiger partial charge in [-0.2, -0.15) is 18.2 Å². The number of hydrogen-bond acceptors (Lipinski definition) is 7. The number of hydrogen-bond donors (Lipinski definition) is 2. The van der Waals surface area contributed by atoms with Crippen molar-refractivity contribution in [2.24, 2.45) is 11.1 Å². The molecule has 7 nitrogen and oxygen atoms in total. The molecule has 1 aromatic heterocycles. The number of aromatic nitrogens is 2. The zero-order valence-electron chi connectivity index (χ0n) is 17.3. The molecule has 3 N–H and O–H groups in total. The van der Waals surface area contributed by atoms with Crippen LogP contribution in [0.5, 0.6) is 5.75 Å². The maximum atomic E-state index is 13.5. The molecule has 2 aromatic rings. The van der Waals surface area contributed by atoms with Crippen molar-refractivity contribution in [3.05, 3.63) is 36.0 Å². The van der Waals surface area contributed by atoms with Crippen LogP contribution in [0.1, 0.15) is 25.3 Å². The highest BCUT2D eigenvalue weighted by Gasteiger charge is 2.37. The van der Waals surface area contributed by atoms with E-state index >= 15 is 0 Å². The van der Waals surface area contributed by atoms with Crippen molar-refractivity contribution < 1.29 is 22.6 Å². The number of rotatable bonds is 6. The summed E-state index contributed by atoms with van der Waals surface area (Å²) in [5, 5.41) is 2.97. The summed E-state index contributed by atoms with van der Waals surface area (Å²) >= 11 is 0. The number of halogens is 3. The minimum atomic E-state index is -4.55. The molecule has 0 saturated carbocycles. The number of nitrogens with zero attached hydrogens (tertiary/aromatic N) is 3. The summed E-state index contributed by atoms with van der Waals surface area (Å²) in [6, 6.07) is 6.95. The molecule has 2 saturated heterocycles. The van der Waals surface area contributed by atoms with Gasteiger partial charge in [-0.3, -0.25) is 0 Å². The Morgan fingerprint density at radius 1 is 1.29 bits per heavy atom. The first-order chi connectivity index (χ1) is 14.7. The molecule has 4 rings (SSSR count). The van der Waals surface area contributed by atoms with Crippen molar-refractivity contribution in [3.8, 4) is 5.75 Å². The highest BCUT2D eigenvalue weighted by Crippen LogP contribution is 2.36. The molecule has 0 bridgehead atoms. The fourth-order valence-corrected chi connectivity index (χ4v) is 3.63. The van der Waals surface area contributed by atoms with Gasteiger partial charge in [0.05, 0.1) is 19.8 Å². The van der Waals surface area contributed by atoms with Crippen molar-refractivity contribution in [2.45, 2.75) is 32.0 Å². The number of nitrogens with one attached hydrogen (secondary N) is 1. The second kappa shape index (κ2) is 8.51. The minimum absolute atomic E-state index is 0.0401. The first-order valence-corrected chi connectivity index (χ1v) is 10.2. The highest BCUT2D eigenvalue weighted by molar-refractivity contribution is 5.58. The predicted molar refractivity (Wildman–Crippen MR) is 111 cm³/mol. The average molecular weight is 437 g/mol. The second-order valence-electron chi connectivity index (χ2n) is 8.52. The van der Waals surface area contributed by atoms with Gasteiger partial charge in [-0.25, -0.2) is 4.98 Å². The van der Waals surface area contributed by atoms with Gasteiger partial charge in [0.1, 0.15) is 17.1 Å². The molecule has 0 spiro atoms. The molecule has 0 amide bonds. The standard InChI is InChI=1S/C21H26F3N5O2/c1-20(11-30-12-20)13-31-16-6-4-15(5-7-16)27-19-26-9-17(21(22,23)24)18(28-19)29-8-2-3-14(25)10-29/h4-7,9,14H,2-3,8,10-13,25H2,1H3,(H,26,27,28)/t14-/m0/s1. The van der Waals surface area contributed by atoms with E-state index in [4.69, 9.17) is 15.2 Å². The summed E-state index contributed by atoms with van der Waals surface area (Å²) in [5.74, 6) is 0.654. The third kappa shape index (κ3) is 5.19. The molecule has 1 aromatic carbocycles. The van der Waals surface area contributed by atoms with Crippen LogP contribution in [0.2, 0.25) is 0 Å². The van der Waals surface area contributed by atoms with Crippen LogP contribution in [0.3, 0.4) is 0 Å². The third-order valence-electron chi connectivity index (χ3n) is 5.43. The van der Waals surface area contributed by atoms with Crippen LogP contribution in [0, 0.1) is 5.41 Å². The fraction of sp³-hybridized carbons (Fsp3) is 0.524. The fourth-order valence-electron chi connectivity index (χ4n) is 3.63. The molecule has 0 aliphatic carbocycles. The molecule has 10 heteroatoms. The number of alkyl halides is 3. The monoisotopic (exact) mass is 437 g/mol. The maximum absolute atomic E-state index is 13.5. The molecule has 0 unspecified atom stereocenters. The Hall–Kier alpha value is -2.59. The Kier molecular flexibility index (Phi) is 5.94. The summed E-state index contributed by atoms with van der Waals surface area (Å²) in [4.78, 5) is 9.65. The molecule has 1 atom stereocenters. The van der Waals surface area contributed by atoms with Crippen LogP contribution in [0.4, 0.5) is 30.6 Å². The van der Waals surface area contributed by atoms with Crippen molar-refractivity contribution in [1.29, 1.82) is 0 Å². The zero-order chi connectivity index (χ0) is 22.1. The molecular formula is C21H26F3N5O2. The van der Waals surface area contributed by atoms with Crippen LogP contribution >= 0.6 is 0 Å². The number of ether oxygens (including phenoxy) is 2. The van der Waals surface area contributed by atoms with Crippen LogP contribution < -0.4 is 20.7 Å². The van der Waals surface area contributed by atoms with Crippen molar-refractivity contribution >= 4 is 17.5 Å². The third-order valence-corrected chi connectivity index (χ3v) is 5.43. The van der Waals surface area contributed by atoms with Crippen LogP contribution in [-0.2, 0) is 10.9 Å². The minimum Gasteiger partial charge on any atom is -0.493 e. The van der Waals surface area contributed by atoms with E-state index < -0.39 is 11.7 Å². The number of benzene rings is 1. The van der Waals surface area contributed by atoms with E-state index in [1.807, 2.05) is 0 Å². The lowest BCUT2D eigenvalue weighted by molar-refractivity contribution is -0.137. The highest BCUT2D eigenvalue weighted by atomic mass is 19.4. The summed E-state index contributed by atoms with van der Waals surface area (Å²) in [6.07, 6.45) is -2.22. The summed E-state index contributed by atoms with van der Waals surface area (Å²) in [6.45, 7) is 4.83. The Morgan fingerprint density at radius 2 is 2.03 bits per heavy atom. The Morgan fingerprint density at radius 3 is 2.65 bits per heavy atom. The Labute approximate surface area is 178 Å². The van der Waals surface area contributed by atoms with E-state index in [0.29, 0.717) is 44.3 Å². The van der Waals surface area contributed by atoms with Gasteiger partial charge in [0.2, 0.25) is 5.95 Å². The smallest absolute Gasteiger partial charge is 0.421 e. The van der Waals surface area contributed by atoms with Crippen molar-refractivity contribution in [1.82, 2.24) is 9.97 Å². The molecule has 2 aliphatic heterocycles. The van der Waals surface area contributed by atoms with Crippen molar-refractivity contribution in [3.63, 3.8) is 0 Å². The molecule has 168 valence electrons. The van der Waals surface area contributed by atoms with Gasteiger partial charge in [-0.15, -0.1) is 0 Å². The lowest BCUT2D eigenvalue weighted by Crippen LogP contribution is -2.44. The molecular weight excluding hydrogens is 411 g/mol. The van der Waals surface area contributed by atoms with E-state index in [1.54, 1.807) is 29.2 Å². The van der Waals surface area contributed by atoms with Crippen LogP contribution in [0.15, 0.2) is 30.5 Å². The van der Waals surface area contributed by atoms with Gasteiger partial charge in [0.25, 0.3) is 0 Å². The van der Waals surface area contributed by atoms with E-state index in [9.17, 15) is 13.2 Å². The summed E-state index contributed by atoms with van der Waals surface area (Å²) in [5.41, 5.74) is 5.79. The molecule has 31 heavy (non-hydrogen) atoms. The van der Waals surface area contributed by atoms with Crippen molar-refractivity contribution in [2.75, 3.05) is 43.1 Å². The molecule has 2 fully saturated rings. The van der Waals surface area contributed by atoms with Gasteiger partial charge in [-0.1, -0.05) is 6.92 Å². The van der Waals surface area contributed by atoms with E-state index in [2.05, 4.69) is 22.2 Å². The van der Waals surface area contributed by atoms with Gasteiger partial charge in [0, 0.05) is 36.4 Å². The summed E-state index contributed by atoms with van der Waals surface area (Å²) in [7, 11) is 0. The van der Waals surface area contributed by atoms with E-state index in [1.165, 1.54) is 0 Å². The van der Waals surface area contributed by atoms with Gasteiger partial charge < -0.3 is 25.4 Å². The first-order valence-electron chi connectivity index (χ1n) is 10.2. The lowest BCUT2D eigenvalue weighted by Gasteiger charge is -2.37. The van der Waals surface area contributed by atoms with Gasteiger partial charge in [-0.05, 0) is 37.1 Å². The predicted octanol–water partition coefficient (Wildman–Crippen LogP) is 3.58. The molecule has 2 aliphatic rings. The first kappa shape index (κ1) is 21.6. The van der Waals surface area contributed by atoms with Gasteiger partial charge >= 0.3 is 6.18 Å². The normalized spacial score (nSPS) is 20.8. The lowest BCUT2D eigenvalue weighted by atomic mass is 9.90. The SMILES string of the molecule is CC1(COc2ccc(Nc3ncc(C(F)(F)F)c(N4CCC[C@H](N)C4)n3)cc2)COC1. The van der Waals surface area contributed by atoms with Gasteiger partial charge in [0.15, 0.2) is 0 Å². The van der Waals surface area contributed by atoms with Crippen LogP contribution in [0.25, 0.3) is 0 Å². The Bertz CT molecular complexity index is 903. The molecule has 0 radical (unpaired) electrons. The van der Waals surface area contributed by atoms with E-state index in [0.717, 1.165) is 19.0 Å². The average Bonchev–Trinajstić information content (AvgIpc) is 2.71. The van der Waals surface area contributed by atoms with E-state index in [-0.39, 0.29) is 23.2 Å². The van der Waals surface area contributed by atoms with Crippen LogP contribution in [-0.4, -0.2) is 48.9 Å². The number of piperidine rings is 1. The quantitative estimate of drug-likeness (QED) is 0.714. The number of nitrogens with two attached hydrogens (primary N) is 1.